The predicted molar refractivity (Wildman–Crippen MR) is 61.6 cm³/mol. The van der Waals surface area contributed by atoms with E-state index < -0.39 is 11.4 Å². The Kier molecular flexibility index (Phi) is 2.86. The molecule has 0 aromatic carbocycles. The smallest absolute Gasteiger partial charge is 0.410 e. The minimum absolute atomic E-state index is 0.0301. The van der Waals surface area contributed by atoms with Gasteiger partial charge < -0.3 is 14.2 Å². The van der Waals surface area contributed by atoms with Crippen molar-refractivity contribution in [3.63, 3.8) is 0 Å². The second-order valence-corrected chi connectivity index (χ2v) is 6.07. The molecular weight excluding hydrogens is 222 g/mol. The van der Waals surface area contributed by atoms with Crippen LogP contribution in [0.15, 0.2) is 0 Å². The van der Waals surface area contributed by atoms with Crippen molar-refractivity contribution < 1.29 is 19.0 Å². The van der Waals surface area contributed by atoms with Crippen molar-refractivity contribution in [2.24, 2.45) is 0 Å². The summed E-state index contributed by atoms with van der Waals surface area (Å²) in [5.74, 6) is -0.535. The van der Waals surface area contributed by atoms with E-state index in [1.807, 2.05) is 34.6 Å². The van der Waals surface area contributed by atoms with Crippen LogP contribution >= 0.6 is 0 Å². The number of rotatable bonds is 1. The van der Waals surface area contributed by atoms with Crippen LogP contribution in [-0.4, -0.2) is 47.7 Å². The van der Waals surface area contributed by atoms with Gasteiger partial charge in [0.25, 0.3) is 0 Å². The molecule has 17 heavy (non-hydrogen) atoms. The van der Waals surface area contributed by atoms with Crippen molar-refractivity contribution in [3.8, 4) is 0 Å². The second kappa shape index (κ2) is 3.85. The van der Waals surface area contributed by atoms with Gasteiger partial charge in [0.1, 0.15) is 11.7 Å². The van der Waals surface area contributed by atoms with Crippen LogP contribution in [-0.2, 0) is 14.2 Å². The van der Waals surface area contributed by atoms with E-state index in [0.717, 1.165) is 0 Å². The summed E-state index contributed by atoms with van der Waals surface area (Å²) in [6, 6.07) is 0.103. The molecule has 0 aliphatic carbocycles. The molecule has 5 heteroatoms. The van der Waals surface area contributed by atoms with Gasteiger partial charge in [0.2, 0.25) is 0 Å². The molecule has 2 atom stereocenters. The summed E-state index contributed by atoms with van der Waals surface area (Å²) >= 11 is 0. The maximum absolute atomic E-state index is 11.8. The maximum atomic E-state index is 11.8. The lowest BCUT2D eigenvalue weighted by Crippen LogP contribution is -2.31. The number of amides is 1. The van der Waals surface area contributed by atoms with Crippen molar-refractivity contribution in [2.75, 3.05) is 13.2 Å². The molecule has 0 aromatic heterocycles. The Labute approximate surface area is 102 Å². The second-order valence-electron chi connectivity index (χ2n) is 6.07. The summed E-state index contributed by atoms with van der Waals surface area (Å²) in [5.41, 5.74) is -0.448. The van der Waals surface area contributed by atoms with Gasteiger partial charge in [-0.3, -0.25) is 4.90 Å². The van der Waals surface area contributed by atoms with Gasteiger partial charge in [-0.15, -0.1) is 0 Å². The van der Waals surface area contributed by atoms with Crippen LogP contribution < -0.4 is 0 Å². The third-order valence-electron chi connectivity index (χ3n) is 2.74. The van der Waals surface area contributed by atoms with Crippen LogP contribution in [0.5, 0.6) is 0 Å². The number of carbonyl (C=O) groups excluding carboxylic acids is 1. The predicted octanol–water partition coefficient (Wildman–Crippen LogP) is 1.76. The molecular formula is C12H21NO4. The Morgan fingerprint density at radius 1 is 1.41 bits per heavy atom. The third-order valence-corrected chi connectivity index (χ3v) is 2.74. The molecule has 0 spiro atoms. The van der Waals surface area contributed by atoms with E-state index in [1.165, 1.54) is 0 Å². The highest BCUT2D eigenvalue weighted by Crippen LogP contribution is 2.33. The summed E-state index contributed by atoms with van der Waals surface area (Å²) in [7, 11) is 0. The Balaban J connectivity index is 1.83. The average Bonchev–Trinajstić information content (AvgIpc) is 2.83. The van der Waals surface area contributed by atoms with Gasteiger partial charge in [0, 0.05) is 6.54 Å². The molecule has 2 fully saturated rings. The quantitative estimate of drug-likeness (QED) is 0.658. The van der Waals surface area contributed by atoms with Crippen LogP contribution in [0.2, 0.25) is 0 Å². The molecule has 0 saturated carbocycles. The highest BCUT2D eigenvalue weighted by atomic mass is 16.7. The lowest BCUT2D eigenvalue weighted by molar-refractivity contribution is -0.139. The first-order valence-corrected chi connectivity index (χ1v) is 5.99. The summed E-state index contributed by atoms with van der Waals surface area (Å²) < 4.78 is 16.5. The van der Waals surface area contributed by atoms with E-state index in [0.29, 0.717) is 13.2 Å². The van der Waals surface area contributed by atoms with Crippen molar-refractivity contribution in [3.05, 3.63) is 0 Å². The van der Waals surface area contributed by atoms with Crippen LogP contribution in [0.25, 0.3) is 0 Å². The van der Waals surface area contributed by atoms with Gasteiger partial charge in [-0.05, 0) is 34.6 Å². The molecule has 2 aliphatic heterocycles. The maximum Gasteiger partial charge on any atom is 0.410 e. The topological polar surface area (TPSA) is 47.8 Å². The van der Waals surface area contributed by atoms with Gasteiger partial charge in [0.15, 0.2) is 5.79 Å². The first-order chi connectivity index (χ1) is 7.68. The summed E-state index contributed by atoms with van der Waals surface area (Å²) in [6.45, 7) is 10.6. The Morgan fingerprint density at radius 3 is 2.53 bits per heavy atom. The van der Waals surface area contributed by atoms with Gasteiger partial charge in [-0.1, -0.05) is 0 Å². The number of hydrogen-bond donors (Lipinski definition) is 0. The Hall–Kier alpha value is -0.810. The minimum Gasteiger partial charge on any atom is -0.444 e. The van der Waals surface area contributed by atoms with Gasteiger partial charge in [-0.2, -0.15) is 0 Å². The summed E-state index contributed by atoms with van der Waals surface area (Å²) in [5, 5.41) is 0. The van der Waals surface area contributed by atoms with E-state index in [2.05, 4.69) is 0 Å². The zero-order valence-corrected chi connectivity index (χ0v) is 11.1. The van der Waals surface area contributed by atoms with E-state index in [4.69, 9.17) is 14.2 Å². The van der Waals surface area contributed by atoms with E-state index in [9.17, 15) is 4.79 Å². The largest absolute Gasteiger partial charge is 0.444 e. The molecule has 2 rings (SSSR count). The van der Waals surface area contributed by atoms with E-state index in [-0.39, 0.29) is 18.2 Å². The van der Waals surface area contributed by atoms with Gasteiger partial charge in [0.05, 0.1) is 12.6 Å². The van der Waals surface area contributed by atoms with Crippen molar-refractivity contribution >= 4 is 6.09 Å². The zero-order valence-electron chi connectivity index (χ0n) is 11.1. The number of nitrogens with zero attached hydrogens (tertiary/aromatic N) is 1. The standard InChI is InChI=1S/C12H21NO4/c1-11(2,3)17-10(14)13-6-8(13)9-7-15-12(4,5)16-9/h8-9H,6-7H2,1-5H3/t8-,9-,13?/m1/s1. The summed E-state index contributed by atoms with van der Waals surface area (Å²) in [6.07, 6.45) is -0.298. The molecule has 2 heterocycles. The average molecular weight is 243 g/mol. The Bertz CT molecular complexity index is 321. The first kappa shape index (κ1) is 12.6. The van der Waals surface area contributed by atoms with E-state index in [1.54, 1.807) is 4.90 Å². The fourth-order valence-corrected chi connectivity index (χ4v) is 1.91. The molecule has 98 valence electrons. The van der Waals surface area contributed by atoms with Crippen molar-refractivity contribution in [1.82, 2.24) is 4.90 Å². The molecule has 0 radical (unpaired) electrons. The van der Waals surface area contributed by atoms with E-state index >= 15 is 0 Å². The fraction of sp³-hybridized carbons (Fsp3) is 0.917. The molecule has 1 amide bonds. The molecule has 2 aliphatic rings. The first-order valence-electron chi connectivity index (χ1n) is 5.99. The third kappa shape index (κ3) is 3.10. The van der Waals surface area contributed by atoms with Gasteiger partial charge >= 0.3 is 6.09 Å². The van der Waals surface area contributed by atoms with Crippen LogP contribution in [0.3, 0.4) is 0 Å². The van der Waals surface area contributed by atoms with Crippen molar-refractivity contribution in [2.45, 2.75) is 58.2 Å². The Morgan fingerprint density at radius 2 is 2.06 bits per heavy atom. The lowest BCUT2D eigenvalue weighted by atomic mass is 10.2. The SMILES string of the molecule is CC(C)(C)OC(=O)N1C[C@@H]1[C@H]1COC(C)(C)O1. The molecule has 0 N–H and O–H groups in total. The minimum atomic E-state index is -0.535. The molecule has 0 aromatic rings. The van der Waals surface area contributed by atoms with Crippen LogP contribution in [0, 0.1) is 0 Å². The number of ether oxygens (including phenoxy) is 3. The molecule has 0 unspecified atom stereocenters. The fourth-order valence-electron chi connectivity index (χ4n) is 1.91. The normalized spacial score (nSPS) is 31.5. The lowest BCUT2D eigenvalue weighted by Gasteiger charge is -2.21. The number of carbonyl (C=O) groups is 1. The molecule has 0 bridgehead atoms. The zero-order chi connectivity index (χ0) is 12.8. The highest BCUT2D eigenvalue weighted by Gasteiger charge is 2.51. The number of hydrogen-bond acceptors (Lipinski definition) is 4. The summed E-state index contributed by atoms with van der Waals surface area (Å²) in [4.78, 5) is 13.4. The van der Waals surface area contributed by atoms with Gasteiger partial charge in [-0.25, -0.2) is 4.79 Å². The highest BCUT2D eigenvalue weighted by molar-refractivity contribution is 5.71. The van der Waals surface area contributed by atoms with Crippen LogP contribution in [0.4, 0.5) is 4.79 Å². The van der Waals surface area contributed by atoms with Crippen LogP contribution in [0.1, 0.15) is 34.6 Å². The molecule has 2 saturated heterocycles. The molecule has 5 nitrogen and oxygen atoms in total. The monoisotopic (exact) mass is 243 g/mol. The van der Waals surface area contributed by atoms with Crippen molar-refractivity contribution in [1.29, 1.82) is 0 Å².